The van der Waals surface area contributed by atoms with Crippen molar-refractivity contribution in [2.75, 3.05) is 11.9 Å². The second-order valence-corrected chi connectivity index (χ2v) is 3.53. The van der Waals surface area contributed by atoms with E-state index in [4.69, 9.17) is 5.26 Å². The number of rotatable bonds is 2. The smallest absolute Gasteiger partial charge is 0.142 e. The zero-order valence-corrected chi connectivity index (χ0v) is 9.26. The summed E-state index contributed by atoms with van der Waals surface area (Å²) in [6.07, 6.45) is 0. The van der Waals surface area contributed by atoms with Crippen LogP contribution in [0.5, 0.6) is 0 Å². The van der Waals surface area contributed by atoms with Crippen molar-refractivity contribution >= 4 is 11.5 Å². The maximum absolute atomic E-state index is 13.1. The van der Waals surface area contributed by atoms with Gasteiger partial charge in [0, 0.05) is 12.7 Å². The van der Waals surface area contributed by atoms with Crippen molar-refractivity contribution in [3.63, 3.8) is 0 Å². The number of anilines is 2. The molecule has 0 spiro atoms. The van der Waals surface area contributed by atoms with Crippen molar-refractivity contribution in [1.29, 1.82) is 5.26 Å². The Kier molecular flexibility index (Phi) is 3.01. The van der Waals surface area contributed by atoms with E-state index in [0.717, 1.165) is 0 Å². The first-order valence-corrected chi connectivity index (χ1v) is 5.07. The molecule has 2 aromatic rings. The Bertz CT molecular complexity index is 575. The first-order valence-electron chi connectivity index (χ1n) is 5.07. The van der Waals surface area contributed by atoms with Crippen LogP contribution in [0.4, 0.5) is 15.9 Å². The van der Waals surface area contributed by atoms with Crippen molar-refractivity contribution in [2.45, 2.75) is 0 Å². The minimum absolute atomic E-state index is 0.300. The molecule has 84 valence electrons. The van der Waals surface area contributed by atoms with Gasteiger partial charge >= 0.3 is 0 Å². The number of nitrogens with zero attached hydrogens (tertiary/aromatic N) is 3. The molecule has 1 heterocycles. The summed E-state index contributed by atoms with van der Waals surface area (Å²) in [5, 5.41) is 8.77. The van der Waals surface area contributed by atoms with E-state index in [-0.39, 0.29) is 5.82 Å². The Labute approximate surface area is 98.8 Å². The normalized spacial score (nSPS) is 9.71. The van der Waals surface area contributed by atoms with Gasteiger partial charge in [-0.2, -0.15) is 5.26 Å². The standard InChI is InChI=1S/C13H10FN3/c1-17(12-6-2-4-10(14)8-12)13-7-3-5-11(9-15)16-13/h2-8H,1H3. The van der Waals surface area contributed by atoms with Crippen LogP contribution in [0, 0.1) is 17.1 Å². The van der Waals surface area contributed by atoms with Crippen LogP contribution in [0.1, 0.15) is 5.69 Å². The fourth-order valence-corrected chi connectivity index (χ4v) is 1.49. The van der Waals surface area contributed by atoms with Gasteiger partial charge in [0.1, 0.15) is 23.4 Å². The first-order chi connectivity index (χ1) is 8.20. The Hall–Kier alpha value is -2.41. The number of hydrogen-bond acceptors (Lipinski definition) is 3. The summed E-state index contributed by atoms with van der Waals surface area (Å²) >= 11 is 0. The number of aromatic nitrogens is 1. The highest BCUT2D eigenvalue weighted by Crippen LogP contribution is 2.22. The second kappa shape index (κ2) is 4.62. The number of halogens is 1. The highest BCUT2D eigenvalue weighted by atomic mass is 19.1. The molecular formula is C13H10FN3. The van der Waals surface area contributed by atoms with E-state index in [0.29, 0.717) is 17.2 Å². The molecule has 3 nitrogen and oxygen atoms in total. The van der Waals surface area contributed by atoms with E-state index >= 15 is 0 Å². The van der Waals surface area contributed by atoms with E-state index < -0.39 is 0 Å². The van der Waals surface area contributed by atoms with E-state index in [1.54, 1.807) is 42.3 Å². The number of hydrogen-bond donors (Lipinski definition) is 0. The molecule has 0 atom stereocenters. The van der Waals surface area contributed by atoms with Crippen LogP contribution in [0.3, 0.4) is 0 Å². The molecule has 4 heteroatoms. The molecule has 2 rings (SSSR count). The molecule has 0 N–H and O–H groups in total. The van der Waals surface area contributed by atoms with Crippen molar-refractivity contribution < 1.29 is 4.39 Å². The largest absolute Gasteiger partial charge is 0.329 e. The van der Waals surface area contributed by atoms with Crippen molar-refractivity contribution in [3.8, 4) is 6.07 Å². The van der Waals surface area contributed by atoms with Gasteiger partial charge in [-0.15, -0.1) is 0 Å². The lowest BCUT2D eigenvalue weighted by molar-refractivity contribution is 0.628. The average Bonchev–Trinajstić information content (AvgIpc) is 2.38. The summed E-state index contributed by atoms with van der Waals surface area (Å²) in [5.74, 6) is 0.306. The summed E-state index contributed by atoms with van der Waals surface area (Å²) in [5.41, 5.74) is 1.03. The topological polar surface area (TPSA) is 39.9 Å². The van der Waals surface area contributed by atoms with Crippen molar-refractivity contribution in [3.05, 3.63) is 54.0 Å². The summed E-state index contributed by atoms with van der Waals surface area (Å²) in [7, 11) is 1.78. The van der Waals surface area contributed by atoms with Gasteiger partial charge < -0.3 is 4.90 Å². The Morgan fingerprint density at radius 1 is 1.24 bits per heavy atom. The lowest BCUT2D eigenvalue weighted by Crippen LogP contribution is -2.11. The van der Waals surface area contributed by atoms with Gasteiger partial charge in [-0.05, 0) is 30.3 Å². The average molecular weight is 227 g/mol. The van der Waals surface area contributed by atoms with Gasteiger partial charge in [-0.25, -0.2) is 9.37 Å². The van der Waals surface area contributed by atoms with Crippen molar-refractivity contribution in [2.24, 2.45) is 0 Å². The lowest BCUT2D eigenvalue weighted by atomic mass is 10.3. The van der Waals surface area contributed by atoms with Crippen LogP contribution >= 0.6 is 0 Å². The van der Waals surface area contributed by atoms with E-state index in [1.807, 2.05) is 6.07 Å². The molecule has 0 unspecified atom stereocenters. The minimum Gasteiger partial charge on any atom is -0.329 e. The third-order valence-corrected chi connectivity index (χ3v) is 2.39. The Morgan fingerprint density at radius 3 is 2.71 bits per heavy atom. The number of benzene rings is 1. The summed E-state index contributed by atoms with van der Waals surface area (Å²) in [6, 6.07) is 13.3. The van der Waals surface area contributed by atoms with Crippen LogP contribution in [-0.4, -0.2) is 12.0 Å². The van der Waals surface area contributed by atoms with Crippen LogP contribution in [0.25, 0.3) is 0 Å². The van der Waals surface area contributed by atoms with E-state index in [2.05, 4.69) is 4.98 Å². The monoisotopic (exact) mass is 227 g/mol. The molecule has 1 aromatic heterocycles. The fourth-order valence-electron chi connectivity index (χ4n) is 1.49. The molecule has 17 heavy (non-hydrogen) atoms. The number of nitriles is 1. The van der Waals surface area contributed by atoms with Crippen LogP contribution < -0.4 is 4.90 Å². The van der Waals surface area contributed by atoms with Crippen LogP contribution in [0.15, 0.2) is 42.5 Å². The molecule has 0 aliphatic carbocycles. The molecule has 0 fully saturated rings. The minimum atomic E-state index is -0.300. The van der Waals surface area contributed by atoms with E-state index in [1.165, 1.54) is 12.1 Å². The summed E-state index contributed by atoms with van der Waals surface area (Å²) in [6.45, 7) is 0. The quantitative estimate of drug-likeness (QED) is 0.792. The number of pyridine rings is 1. The zero-order valence-electron chi connectivity index (χ0n) is 9.26. The first kappa shape index (κ1) is 11.1. The highest BCUT2D eigenvalue weighted by molar-refractivity contribution is 5.59. The SMILES string of the molecule is CN(c1cccc(F)c1)c1cccc(C#N)n1. The second-order valence-electron chi connectivity index (χ2n) is 3.53. The molecule has 1 aromatic carbocycles. The lowest BCUT2D eigenvalue weighted by Gasteiger charge is -2.18. The molecule has 0 amide bonds. The summed E-state index contributed by atoms with van der Waals surface area (Å²) in [4.78, 5) is 5.87. The zero-order chi connectivity index (χ0) is 12.3. The van der Waals surface area contributed by atoms with Gasteiger partial charge in [-0.3, -0.25) is 0 Å². The highest BCUT2D eigenvalue weighted by Gasteiger charge is 2.06. The molecule has 0 saturated heterocycles. The summed E-state index contributed by atoms with van der Waals surface area (Å²) < 4.78 is 13.1. The van der Waals surface area contributed by atoms with Crippen LogP contribution in [0.2, 0.25) is 0 Å². The van der Waals surface area contributed by atoms with Gasteiger partial charge in [0.05, 0.1) is 0 Å². The van der Waals surface area contributed by atoms with E-state index in [9.17, 15) is 4.39 Å². The van der Waals surface area contributed by atoms with Gasteiger partial charge in [0.2, 0.25) is 0 Å². The maximum Gasteiger partial charge on any atom is 0.142 e. The predicted octanol–water partition coefficient (Wildman–Crippen LogP) is 2.86. The van der Waals surface area contributed by atoms with Gasteiger partial charge in [0.15, 0.2) is 0 Å². The molecule has 0 bridgehead atoms. The molecule has 0 aliphatic heterocycles. The molecule has 0 saturated carbocycles. The van der Waals surface area contributed by atoms with Gasteiger partial charge in [0.25, 0.3) is 0 Å². The van der Waals surface area contributed by atoms with Crippen molar-refractivity contribution in [1.82, 2.24) is 4.98 Å². The molecular weight excluding hydrogens is 217 g/mol. The third-order valence-electron chi connectivity index (χ3n) is 2.39. The third kappa shape index (κ3) is 2.40. The molecule has 0 aliphatic rings. The fraction of sp³-hybridized carbons (Fsp3) is 0.0769. The maximum atomic E-state index is 13.1. The predicted molar refractivity (Wildman–Crippen MR) is 63.4 cm³/mol. The van der Waals surface area contributed by atoms with Crippen LogP contribution in [-0.2, 0) is 0 Å². The van der Waals surface area contributed by atoms with Gasteiger partial charge in [-0.1, -0.05) is 12.1 Å². The molecule has 0 radical (unpaired) electrons. The Morgan fingerprint density at radius 2 is 2.00 bits per heavy atom. The Balaban J connectivity index is 2.37.